The number of amides is 7. The van der Waals surface area contributed by atoms with Crippen LogP contribution in [0.2, 0.25) is 0 Å². The molecule has 0 unspecified atom stereocenters. The molecule has 0 aliphatic carbocycles. The highest BCUT2D eigenvalue weighted by atomic mass is 16.6. The number of hydrogen-bond acceptors (Lipinski definition) is 9. The summed E-state index contributed by atoms with van der Waals surface area (Å²) >= 11 is 0. The van der Waals surface area contributed by atoms with Crippen LogP contribution in [0.1, 0.15) is 50.7 Å². The summed E-state index contributed by atoms with van der Waals surface area (Å²) in [6.45, 7) is 3.44. The monoisotopic (exact) mass is 836 g/mol. The topological polar surface area (TPSA) is 264 Å². The lowest BCUT2D eigenvalue weighted by molar-refractivity contribution is -0.137. The lowest BCUT2D eigenvalue weighted by Crippen LogP contribution is -2.56. The number of hydrogen-bond donors (Lipinski definition) is 8. The van der Waals surface area contributed by atoms with Crippen LogP contribution in [0.3, 0.4) is 0 Å². The molecule has 322 valence electrons. The van der Waals surface area contributed by atoms with Crippen LogP contribution < -0.4 is 38.1 Å². The summed E-state index contributed by atoms with van der Waals surface area (Å²) in [7, 11) is 1.46. The van der Waals surface area contributed by atoms with E-state index in [0.29, 0.717) is 11.3 Å². The van der Waals surface area contributed by atoms with Crippen molar-refractivity contribution in [1.82, 2.24) is 26.2 Å². The zero-order chi connectivity index (χ0) is 44.2. The lowest BCUT2D eigenvalue weighted by atomic mass is 9.93. The largest absolute Gasteiger partial charge is 0.481 e. The Kier molecular flexibility index (Phi) is 15.4. The Morgan fingerprint density at radius 3 is 1.98 bits per heavy atom. The number of rotatable bonds is 20. The quantitative estimate of drug-likeness (QED) is 0.0417. The standard InChI is InChI=1S/C44H52N8O9/c1-25(2)39(51-40(56)33(45)17-18-36(54)55)42(58)50-34(8-5-19-47-43(46)59)41(57)49-32-15-9-26(10-16-32)24-61-44(60)52(3)23-35(53)48-22-27-20-30-13-11-28-6-4-7-29-12-14-31(21-27)38(30)37(28)29/h4,6-7,9-16,20-21,25,33-34,39H,5,8,17-19,22-24,45H2,1-3H3,(H,48,53)(H,49,57)(H,50,58)(H,51,56)(H,54,55)(H3,46,47,59)/t33-,34-,39-/m0/s1. The summed E-state index contributed by atoms with van der Waals surface area (Å²) in [4.78, 5) is 88.3. The minimum absolute atomic E-state index is 0.0919. The SMILES string of the molecule is CC(C)[C@H](NC(=O)[C@@H](N)CCC(=O)O)C(=O)N[C@@H](CCCNC(N)=O)C(=O)Nc1ccc(COC(=O)N(C)CC(=O)NCc2cc3ccc4cccc5ccc(c2)c3c45)cc1. The van der Waals surface area contributed by atoms with Crippen molar-refractivity contribution in [2.24, 2.45) is 17.4 Å². The highest BCUT2D eigenvalue weighted by Gasteiger charge is 2.30. The van der Waals surface area contributed by atoms with Crippen LogP contribution in [-0.2, 0) is 41.9 Å². The maximum Gasteiger partial charge on any atom is 0.410 e. The maximum atomic E-state index is 13.5. The Balaban J connectivity index is 1.11. The van der Waals surface area contributed by atoms with Crippen LogP contribution in [0.15, 0.2) is 78.9 Å². The second-order valence-electron chi connectivity index (χ2n) is 15.3. The molecule has 0 aliphatic rings. The summed E-state index contributed by atoms with van der Waals surface area (Å²) in [5.41, 5.74) is 12.9. The molecule has 10 N–H and O–H groups in total. The number of carboxylic acid groups (broad SMARTS) is 1. The van der Waals surface area contributed by atoms with Gasteiger partial charge in [0.1, 0.15) is 25.2 Å². The molecule has 0 bridgehead atoms. The van der Waals surface area contributed by atoms with Crippen molar-refractivity contribution in [2.75, 3.05) is 25.5 Å². The maximum absolute atomic E-state index is 13.5. The molecule has 17 nitrogen and oxygen atoms in total. The molecule has 0 aromatic heterocycles. The van der Waals surface area contributed by atoms with Crippen molar-refractivity contribution < 1.29 is 43.4 Å². The molecule has 3 atom stereocenters. The number of likely N-dealkylation sites (N-methyl/N-ethyl adjacent to an activating group) is 1. The van der Waals surface area contributed by atoms with Crippen molar-refractivity contribution in [3.63, 3.8) is 0 Å². The first-order chi connectivity index (χ1) is 29.1. The first-order valence-electron chi connectivity index (χ1n) is 19.9. The van der Waals surface area contributed by atoms with Gasteiger partial charge in [-0.1, -0.05) is 68.4 Å². The predicted octanol–water partition coefficient (Wildman–Crippen LogP) is 3.67. The van der Waals surface area contributed by atoms with Gasteiger partial charge in [0.2, 0.25) is 23.6 Å². The van der Waals surface area contributed by atoms with Crippen LogP contribution in [-0.4, -0.2) is 90.0 Å². The molecule has 17 heteroatoms. The molecule has 5 aromatic carbocycles. The Morgan fingerprint density at radius 1 is 0.754 bits per heavy atom. The number of ether oxygens (including phenoxy) is 1. The highest BCUT2D eigenvalue weighted by Crippen LogP contribution is 2.35. The van der Waals surface area contributed by atoms with E-state index >= 15 is 0 Å². The molecule has 0 radical (unpaired) electrons. The van der Waals surface area contributed by atoms with Crippen molar-refractivity contribution in [3.8, 4) is 0 Å². The summed E-state index contributed by atoms with van der Waals surface area (Å²) in [5.74, 6) is -3.86. The van der Waals surface area contributed by atoms with E-state index in [9.17, 15) is 33.6 Å². The Hall–Kier alpha value is -7.01. The van der Waals surface area contributed by atoms with Crippen LogP contribution >= 0.6 is 0 Å². The van der Waals surface area contributed by atoms with Gasteiger partial charge in [0.25, 0.3) is 0 Å². The van der Waals surface area contributed by atoms with Crippen molar-refractivity contribution in [1.29, 1.82) is 0 Å². The van der Waals surface area contributed by atoms with E-state index in [4.69, 9.17) is 21.3 Å². The Bertz CT molecular complexity index is 2320. The number of nitrogens with one attached hydrogen (secondary N) is 5. The van der Waals surface area contributed by atoms with E-state index in [1.165, 1.54) is 33.5 Å². The molecular weight excluding hydrogens is 785 g/mol. The number of carboxylic acids is 1. The minimum Gasteiger partial charge on any atom is -0.481 e. The number of nitrogens with zero attached hydrogens (tertiary/aromatic N) is 1. The summed E-state index contributed by atoms with van der Waals surface area (Å²) < 4.78 is 5.42. The van der Waals surface area contributed by atoms with Crippen molar-refractivity contribution >= 4 is 79.7 Å². The lowest BCUT2D eigenvalue weighted by Gasteiger charge is -2.26. The number of primary amides is 1. The normalized spacial score (nSPS) is 12.7. The van der Waals surface area contributed by atoms with Gasteiger partial charge in [0.15, 0.2) is 0 Å². The van der Waals surface area contributed by atoms with Crippen LogP contribution in [0.5, 0.6) is 0 Å². The number of benzene rings is 5. The molecule has 0 saturated heterocycles. The van der Waals surface area contributed by atoms with E-state index < -0.39 is 59.9 Å². The van der Waals surface area contributed by atoms with Crippen molar-refractivity contribution in [3.05, 3.63) is 90.0 Å². The van der Waals surface area contributed by atoms with Gasteiger partial charge in [0.05, 0.1) is 6.04 Å². The average Bonchev–Trinajstić information content (AvgIpc) is 3.23. The van der Waals surface area contributed by atoms with Gasteiger partial charge in [0, 0.05) is 32.2 Å². The number of nitrogens with two attached hydrogens (primary N) is 2. The minimum atomic E-state index is -1.16. The molecule has 0 spiro atoms. The zero-order valence-corrected chi connectivity index (χ0v) is 34.3. The Labute approximate surface area is 352 Å². The third-order valence-corrected chi connectivity index (χ3v) is 10.1. The van der Waals surface area contributed by atoms with E-state index in [0.717, 1.165) is 16.3 Å². The smallest absolute Gasteiger partial charge is 0.410 e. The third kappa shape index (κ3) is 12.5. The van der Waals surface area contributed by atoms with E-state index in [1.54, 1.807) is 38.1 Å². The Morgan fingerprint density at radius 2 is 1.38 bits per heavy atom. The van der Waals surface area contributed by atoms with Crippen LogP contribution in [0.25, 0.3) is 32.3 Å². The first-order valence-corrected chi connectivity index (χ1v) is 19.9. The van der Waals surface area contributed by atoms with Gasteiger partial charge in [-0.05, 0) is 92.9 Å². The first kappa shape index (κ1) is 45.1. The van der Waals surface area contributed by atoms with Gasteiger partial charge in [-0.25, -0.2) is 9.59 Å². The van der Waals surface area contributed by atoms with E-state index in [-0.39, 0.29) is 57.8 Å². The molecule has 5 aromatic rings. The van der Waals surface area contributed by atoms with Crippen molar-refractivity contribution in [2.45, 2.75) is 70.8 Å². The fourth-order valence-electron chi connectivity index (χ4n) is 6.88. The number of carbonyl (C=O) groups excluding carboxylic acids is 6. The molecule has 0 heterocycles. The van der Waals surface area contributed by atoms with Crippen LogP contribution in [0, 0.1) is 5.92 Å². The van der Waals surface area contributed by atoms with Gasteiger partial charge < -0.3 is 52.8 Å². The highest BCUT2D eigenvalue weighted by molar-refractivity contribution is 6.23. The summed E-state index contributed by atoms with van der Waals surface area (Å²) in [6.07, 6.45) is -0.812. The fraction of sp³-hybridized carbons (Fsp3) is 0.341. The molecule has 0 aliphatic heterocycles. The molecular formula is C44H52N8O9. The number of aliphatic carboxylic acids is 1. The van der Waals surface area contributed by atoms with Gasteiger partial charge in [-0.15, -0.1) is 0 Å². The average molecular weight is 837 g/mol. The second kappa shape index (κ2) is 20.8. The van der Waals surface area contributed by atoms with Gasteiger partial charge >= 0.3 is 18.1 Å². The van der Waals surface area contributed by atoms with E-state index in [2.05, 4.69) is 75.1 Å². The van der Waals surface area contributed by atoms with Crippen LogP contribution in [0.4, 0.5) is 15.3 Å². The number of urea groups is 1. The molecule has 7 amide bonds. The molecule has 0 saturated carbocycles. The zero-order valence-electron chi connectivity index (χ0n) is 34.3. The number of anilines is 1. The fourth-order valence-corrected chi connectivity index (χ4v) is 6.88. The molecule has 5 rings (SSSR count). The van der Waals surface area contributed by atoms with E-state index in [1.807, 2.05) is 6.07 Å². The predicted molar refractivity (Wildman–Crippen MR) is 230 cm³/mol. The molecule has 0 fully saturated rings. The third-order valence-electron chi connectivity index (χ3n) is 10.1. The summed E-state index contributed by atoms with van der Waals surface area (Å²) in [6, 6.07) is 21.1. The van der Waals surface area contributed by atoms with Gasteiger partial charge in [-0.2, -0.15) is 0 Å². The second-order valence-corrected chi connectivity index (χ2v) is 15.3. The molecule has 61 heavy (non-hydrogen) atoms. The van der Waals surface area contributed by atoms with Gasteiger partial charge in [-0.3, -0.25) is 24.0 Å². The number of carbonyl (C=O) groups is 7. The summed E-state index contributed by atoms with van der Waals surface area (Å²) in [5, 5.41) is 29.1.